The molecule has 0 unspecified atom stereocenters. The van der Waals surface area contributed by atoms with E-state index in [0.29, 0.717) is 0 Å². The van der Waals surface area contributed by atoms with Crippen LogP contribution in [0.5, 0.6) is 0 Å². The molecule has 0 saturated heterocycles. The van der Waals surface area contributed by atoms with E-state index in [4.69, 9.17) is 0 Å². The Kier molecular flexibility index (Phi) is 7.04. The summed E-state index contributed by atoms with van der Waals surface area (Å²) in [5, 5.41) is 3.98. The quantitative estimate of drug-likeness (QED) is 0.417. The van der Waals surface area contributed by atoms with Gasteiger partial charge in [-0.3, -0.25) is 0 Å². The molecular formula is C14H25BrSSi. The van der Waals surface area contributed by atoms with Crippen molar-refractivity contribution >= 4 is 40.5 Å². The van der Waals surface area contributed by atoms with Gasteiger partial charge in [0.1, 0.15) is 0 Å². The molecule has 1 aromatic heterocycles. The molecule has 0 amide bonds. The first-order valence-corrected chi connectivity index (χ1v) is 11.7. The third-order valence-electron chi connectivity index (χ3n) is 3.50. The molecule has 0 bridgehead atoms. The highest BCUT2D eigenvalue weighted by Gasteiger charge is 2.23. The number of hydrogen-bond donors (Lipinski definition) is 0. The van der Waals surface area contributed by atoms with Gasteiger partial charge in [0.25, 0.3) is 0 Å². The Labute approximate surface area is 120 Å². The van der Waals surface area contributed by atoms with Gasteiger partial charge in [-0.05, 0) is 32.6 Å². The summed E-state index contributed by atoms with van der Waals surface area (Å²) in [6.45, 7) is 7.30. The van der Waals surface area contributed by atoms with Crippen molar-refractivity contribution in [1.29, 1.82) is 0 Å². The molecule has 0 N–H and O–H groups in total. The van der Waals surface area contributed by atoms with Crippen molar-refractivity contribution in [3.05, 3.63) is 15.2 Å². The molecule has 0 nitrogen and oxygen atoms in total. The zero-order chi connectivity index (χ0) is 12.7. The van der Waals surface area contributed by atoms with Crippen LogP contribution in [0.25, 0.3) is 0 Å². The van der Waals surface area contributed by atoms with Crippen LogP contribution in [0.15, 0.2) is 15.2 Å². The second-order valence-corrected chi connectivity index (χ2v) is 12.7. The van der Waals surface area contributed by atoms with Gasteiger partial charge in [0.2, 0.25) is 0 Å². The summed E-state index contributed by atoms with van der Waals surface area (Å²) in [4.78, 5) is 0. The third-order valence-corrected chi connectivity index (χ3v) is 8.67. The lowest BCUT2D eigenvalue weighted by Crippen LogP contribution is -2.39. The molecule has 0 aliphatic heterocycles. The Hall–Kier alpha value is 0.397. The molecule has 0 aliphatic carbocycles. The van der Waals surface area contributed by atoms with Crippen LogP contribution in [0, 0.1) is 0 Å². The molecule has 0 spiro atoms. The number of halogens is 1. The molecule has 3 heteroatoms. The van der Waals surface area contributed by atoms with Crippen molar-refractivity contribution in [3.63, 3.8) is 0 Å². The first-order chi connectivity index (χ1) is 8.06. The van der Waals surface area contributed by atoms with Crippen molar-refractivity contribution in [3.8, 4) is 0 Å². The first-order valence-electron chi connectivity index (χ1n) is 6.81. The minimum atomic E-state index is -1.15. The van der Waals surface area contributed by atoms with Crippen LogP contribution < -0.4 is 5.19 Å². The van der Waals surface area contributed by atoms with E-state index in [0.717, 1.165) is 0 Å². The molecule has 1 rings (SSSR count). The minimum Gasteiger partial charge on any atom is -0.137 e. The fourth-order valence-electron chi connectivity index (χ4n) is 2.16. The number of hydrogen-bond acceptors (Lipinski definition) is 1. The molecule has 0 radical (unpaired) electrons. The lowest BCUT2D eigenvalue weighted by molar-refractivity contribution is 0.623. The summed E-state index contributed by atoms with van der Waals surface area (Å²) < 4.78 is 1.29. The smallest absolute Gasteiger partial charge is 0.0817 e. The maximum atomic E-state index is 3.58. The fourth-order valence-corrected chi connectivity index (χ4v) is 6.91. The Morgan fingerprint density at radius 3 is 2.35 bits per heavy atom. The van der Waals surface area contributed by atoms with Gasteiger partial charge in [0.05, 0.1) is 11.9 Å². The standard InChI is InChI=1S/C14H25BrSSi/c1-4-5-6-7-8-9-10-17(2,3)13-11-14(15)16-12-13/h11-12H,4-10H2,1-3H3. The normalized spacial score (nSPS) is 12.0. The zero-order valence-electron chi connectivity index (χ0n) is 11.4. The van der Waals surface area contributed by atoms with E-state index in [1.165, 1.54) is 48.4 Å². The van der Waals surface area contributed by atoms with Crippen LogP contribution in [0.2, 0.25) is 19.1 Å². The monoisotopic (exact) mass is 332 g/mol. The van der Waals surface area contributed by atoms with Crippen LogP contribution in [-0.4, -0.2) is 8.07 Å². The highest BCUT2D eigenvalue weighted by molar-refractivity contribution is 9.11. The highest BCUT2D eigenvalue weighted by Crippen LogP contribution is 2.22. The molecule has 0 aromatic carbocycles. The molecule has 0 atom stereocenters. The molecule has 1 aromatic rings. The lowest BCUT2D eigenvalue weighted by atomic mass is 10.1. The van der Waals surface area contributed by atoms with E-state index in [9.17, 15) is 0 Å². The van der Waals surface area contributed by atoms with Crippen molar-refractivity contribution < 1.29 is 0 Å². The van der Waals surface area contributed by atoms with E-state index >= 15 is 0 Å². The molecule has 0 saturated carbocycles. The van der Waals surface area contributed by atoms with E-state index < -0.39 is 8.07 Å². The predicted octanol–water partition coefficient (Wildman–Crippen LogP) is 5.79. The van der Waals surface area contributed by atoms with Gasteiger partial charge >= 0.3 is 0 Å². The van der Waals surface area contributed by atoms with Gasteiger partial charge in [0.15, 0.2) is 0 Å². The van der Waals surface area contributed by atoms with E-state index in [1.807, 2.05) is 11.3 Å². The Morgan fingerprint density at radius 1 is 1.12 bits per heavy atom. The third kappa shape index (κ3) is 5.71. The van der Waals surface area contributed by atoms with Crippen molar-refractivity contribution in [2.24, 2.45) is 0 Å². The Bertz CT molecular complexity index is 320. The van der Waals surface area contributed by atoms with Gasteiger partial charge in [-0.2, -0.15) is 0 Å². The highest BCUT2D eigenvalue weighted by atomic mass is 79.9. The van der Waals surface area contributed by atoms with Crippen LogP contribution in [-0.2, 0) is 0 Å². The second-order valence-electron chi connectivity index (χ2n) is 5.54. The predicted molar refractivity (Wildman–Crippen MR) is 87.3 cm³/mol. The van der Waals surface area contributed by atoms with Crippen molar-refractivity contribution in [2.45, 2.75) is 64.6 Å². The summed E-state index contributed by atoms with van der Waals surface area (Å²) in [7, 11) is -1.15. The summed E-state index contributed by atoms with van der Waals surface area (Å²) in [5.41, 5.74) is 0. The van der Waals surface area contributed by atoms with Gasteiger partial charge in [-0.25, -0.2) is 0 Å². The molecule has 1 heterocycles. The molecule has 17 heavy (non-hydrogen) atoms. The molecular weight excluding hydrogens is 308 g/mol. The van der Waals surface area contributed by atoms with Gasteiger partial charge in [-0.15, -0.1) is 11.3 Å². The Morgan fingerprint density at radius 2 is 1.76 bits per heavy atom. The van der Waals surface area contributed by atoms with Gasteiger partial charge < -0.3 is 0 Å². The second kappa shape index (κ2) is 7.75. The summed E-state index contributed by atoms with van der Waals surface area (Å²) in [5.74, 6) is 0. The molecule has 98 valence electrons. The fraction of sp³-hybridized carbons (Fsp3) is 0.714. The number of thiophene rings is 1. The minimum absolute atomic E-state index is 1.15. The van der Waals surface area contributed by atoms with Crippen LogP contribution >= 0.6 is 27.3 Å². The summed E-state index contributed by atoms with van der Waals surface area (Å²) in [6.07, 6.45) is 8.49. The Balaban J connectivity index is 2.25. The van der Waals surface area contributed by atoms with E-state index in [-0.39, 0.29) is 0 Å². The maximum absolute atomic E-state index is 3.58. The molecule has 0 aliphatic rings. The van der Waals surface area contributed by atoms with Gasteiger partial charge in [0, 0.05) is 0 Å². The molecule has 0 fully saturated rings. The number of rotatable bonds is 8. The van der Waals surface area contributed by atoms with E-state index in [1.54, 1.807) is 5.19 Å². The number of unbranched alkanes of at least 4 members (excludes halogenated alkanes) is 5. The zero-order valence-corrected chi connectivity index (χ0v) is 14.8. The van der Waals surface area contributed by atoms with Crippen LogP contribution in [0.3, 0.4) is 0 Å². The van der Waals surface area contributed by atoms with Crippen molar-refractivity contribution in [1.82, 2.24) is 0 Å². The topological polar surface area (TPSA) is 0 Å². The average Bonchev–Trinajstić information content (AvgIpc) is 2.71. The van der Waals surface area contributed by atoms with Crippen LogP contribution in [0.4, 0.5) is 0 Å². The summed E-state index contributed by atoms with van der Waals surface area (Å²) >= 11 is 5.41. The maximum Gasteiger partial charge on any atom is 0.0817 e. The van der Waals surface area contributed by atoms with Crippen LogP contribution in [0.1, 0.15) is 45.4 Å². The van der Waals surface area contributed by atoms with Crippen molar-refractivity contribution in [2.75, 3.05) is 0 Å². The van der Waals surface area contributed by atoms with E-state index in [2.05, 4.69) is 47.4 Å². The first kappa shape index (κ1) is 15.5. The SMILES string of the molecule is CCCCCCCC[Si](C)(C)c1csc(Br)c1. The lowest BCUT2D eigenvalue weighted by Gasteiger charge is -2.21. The largest absolute Gasteiger partial charge is 0.137 e. The van der Waals surface area contributed by atoms with Gasteiger partial charge in [-0.1, -0.05) is 64.6 Å². The average molecular weight is 333 g/mol. The summed E-state index contributed by atoms with van der Waals surface area (Å²) in [6, 6.07) is 3.79.